The van der Waals surface area contributed by atoms with Crippen molar-refractivity contribution in [3.63, 3.8) is 0 Å². The summed E-state index contributed by atoms with van der Waals surface area (Å²) in [6, 6.07) is 12.3. The molecule has 0 radical (unpaired) electrons. The molecule has 0 saturated carbocycles. The predicted molar refractivity (Wildman–Crippen MR) is 116 cm³/mol. The number of aryl methyl sites for hydroxylation is 1. The molecular weight excluding hydrogens is 420 g/mol. The summed E-state index contributed by atoms with van der Waals surface area (Å²) >= 11 is 0. The van der Waals surface area contributed by atoms with Gasteiger partial charge in [0.05, 0.1) is 5.75 Å². The summed E-state index contributed by atoms with van der Waals surface area (Å²) in [5.41, 5.74) is 7.13. The Kier molecular flexibility index (Phi) is 6.35. The summed E-state index contributed by atoms with van der Waals surface area (Å²) < 4.78 is 34.9. The van der Waals surface area contributed by atoms with E-state index in [4.69, 9.17) is 9.15 Å². The van der Waals surface area contributed by atoms with Crippen LogP contribution in [0.15, 0.2) is 46.9 Å². The number of fused-ring (bicyclic) bond motifs is 1. The number of para-hydroxylation sites is 1. The summed E-state index contributed by atoms with van der Waals surface area (Å²) in [4.78, 5) is 25.0. The van der Waals surface area contributed by atoms with Crippen molar-refractivity contribution in [1.82, 2.24) is 10.9 Å². The van der Waals surface area contributed by atoms with Crippen molar-refractivity contribution in [1.29, 1.82) is 0 Å². The lowest BCUT2D eigenvalue weighted by atomic mass is 10.1. The topological polar surface area (TPSA) is 115 Å². The second-order valence-electron chi connectivity index (χ2n) is 7.38. The molecule has 0 fully saturated rings. The Hall–Kier alpha value is -3.33. The van der Waals surface area contributed by atoms with Crippen LogP contribution in [0.2, 0.25) is 0 Å². The Bertz CT molecular complexity index is 1250. The lowest BCUT2D eigenvalue weighted by molar-refractivity contribution is -0.128. The molecule has 0 spiro atoms. The molecule has 9 heteroatoms. The van der Waals surface area contributed by atoms with Gasteiger partial charge in [-0.25, -0.2) is 8.42 Å². The van der Waals surface area contributed by atoms with E-state index in [0.717, 1.165) is 17.4 Å². The summed E-state index contributed by atoms with van der Waals surface area (Å²) in [7, 11) is -3.43. The Morgan fingerprint density at radius 3 is 2.48 bits per heavy atom. The van der Waals surface area contributed by atoms with E-state index in [1.807, 2.05) is 26.0 Å². The summed E-state index contributed by atoms with van der Waals surface area (Å²) in [5.74, 6) is -1.30. The van der Waals surface area contributed by atoms with E-state index >= 15 is 0 Å². The van der Waals surface area contributed by atoms with Crippen molar-refractivity contribution in [2.24, 2.45) is 0 Å². The van der Waals surface area contributed by atoms with Gasteiger partial charge in [-0.3, -0.25) is 20.4 Å². The van der Waals surface area contributed by atoms with Gasteiger partial charge in [0.15, 0.2) is 21.7 Å². The lowest BCUT2D eigenvalue weighted by Crippen LogP contribution is -2.47. The third-order valence-corrected chi connectivity index (χ3v) is 5.65. The van der Waals surface area contributed by atoms with Gasteiger partial charge < -0.3 is 9.15 Å². The van der Waals surface area contributed by atoms with Gasteiger partial charge in [0.1, 0.15) is 11.3 Å². The Balaban J connectivity index is 1.73. The zero-order valence-electron chi connectivity index (χ0n) is 17.7. The maximum Gasteiger partial charge on any atom is 0.305 e. The van der Waals surface area contributed by atoms with E-state index in [1.54, 1.807) is 37.3 Å². The lowest BCUT2D eigenvalue weighted by Gasteiger charge is -2.17. The normalized spacial score (nSPS) is 12.4. The Morgan fingerprint density at radius 2 is 1.77 bits per heavy atom. The minimum Gasteiger partial charge on any atom is -0.481 e. The third-order valence-electron chi connectivity index (χ3n) is 4.84. The predicted octanol–water partition coefficient (Wildman–Crippen LogP) is 2.82. The second-order valence-corrected chi connectivity index (χ2v) is 9.52. The zero-order chi connectivity index (χ0) is 22.8. The van der Waals surface area contributed by atoms with Crippen LogP contribution in [-0.2, 0) is 20.4 Å². The quantitative estimate of drug-likeness (QED) is 0.565. The third kappa shape index (κ3) is 5.24. The van der Waals surface area contributed by atoms with Gasteiger partial charge in [-0.15, -0.1) is 0 Å². The molecule has 0 aliphatic heterocycles. The highest BCUT2D eigenvalue weighted by atomic mass is 32.2. The molecule has 3 rings (SSSR count). The number of sulfone groups is 1. The molecule has 2 amide bonds. The van der Waals surface area contributed by atoms with Crippen molar-refractivity contribution in [3.05, 3.63) is 64.9 Å². The molecule has 164 valence electrons. The maximum absolute atomic E-state index is 12.6. The van der Waals surface area contributed by atoms with Crippen LogP contribution in [0.3, 0.4) is 0 Å². The SMILES string of the molecule is Cc1cccc(OC(C)C(=O)NNC(=O)c2oc3ccccc3c2CS(C)(=O)=O)c1C. The molecule has 0 bridgehead atoms. The Morgan fingerprint density at radius 1 is 1.06 bits per heavy atom. The van der Waals surface area contributed by atoms with E-state index in [1.165, 1.54) is 0 Å². The number of hydrazine groups is 1. The molecule has 2 N–H and O–H groups in total. The molecule has 0 saturated heterocycles. The van der Waals surface area contributed by atoms with Crippen LogP contribution in [-0.4, -0.2) is 32.6 Å². The van der Waals surface area contributed by atoms with Gasteiger partial charge in [-0.2, -0.15) is 0 Å². The van der Waals surface area contributed by atoms with E-state index in [-0.39, 0.29) is 17.1 Å². The molecule has 1 unspecified atom stereocenters. The number of carbonyl (C=O) groups excluding carboxylic acids is 2. The molecule has 1 aromatic heterocycles. The number of amides is 2. The van der Waals surface area contributed by atoms with Crippen LogP contribution in [0.4, 0.5) is 0 Å². The van der Waals surface area contributed by atoms with Gasteiger partial charge in [0, 0.05) is 17.2 Å². The highest BCUT2D eigenvalue weighted by Crippen LogP contribution is 2.27. The first-order valence-electron chi connectivity index (χ1n) is 9.58. The summed E-state index contributed by atoms with van der Waals surface area (Å²) in [5, 5.41) is 0.524. The molecule has 0 aliphatic rings. The first kappa shape index (κ1) is 22.4. The number of hydrogen-bond acceptors (Lipinski definition) is 6. The average Bonchev–Trinajstić information content (AvgIpc) is 3.06. The highest BCUT2D eigenvalue weighted by Gasteiger charge is 2.24. The molecule has 2 aromatic carbocycles. The van der Waals surface area contributed by atoms with Gasteiger partial charge >= 0.3 is 5.91 Å². The van der Waals surface area contributed by atoms with Gasteiger partial charge in [-0.05, 0) is 44.0 Å². The van der Waals surface area contributed by atoms with E-state index in [0.29, 0.717) is 16.7 Å². The van der Waals surface area contributed by atoms with Crippen LogP contribution >= 0.6 is 0 Å². The van der Waals surface area contributed by atoms with E-state index in [2.05, 4.69) is 10.9 Å². The fraction of sp³-hybridized carbons (Fsp3) is 0.273. The molecule has 1 heterocycles. The smallest absolute Gasteiger partial charge is 0.305 e. The summed E-state index contributed by atoms with van der Waals surface area (Å²) in [6.07, 6.45) is 0.192. The van der Waals surface area contributed by atoms with Gasteiger partial charge in [0.25, 0.3) is 5.91 Å². The van der Waals surface area contributed by atoms with Crippen LogP contribution in [0.1, 0.15) is 34.2 Å². The molecule has 3 aromatic rings. The molecular formula is C22H24N2O6S. The zero-order valence-corrected chi connectivity index (χ0v) is 18.5. The minimum absolute atomic E-state index is 0.171. The fourth-order valence-electron chi connectivity index (χ4n) is 3.06. The molecule has 31 heavy (non-hydrogen) atoms. The number of benzene rings is 2. The summed E-state index contributed by atoms with van der Waals surface area (Å²) in [6.45, 7) is 5.38. The first-order chi connectivity index (χ1) is 14.6. The first-order valence-corrected chi connectivity index (χ1v) is 11.6. The maximum atomic E-state index is 12.6. The van der Waals surface area contributed by atoms with Crippen LogP contribution in [0.5, 0.6) is 5.75 Å². The van der Waals surface area contributed by atoms with E-state index in [9.17, 15) is 18.0 Å². The number of furan rings is 1. The Labute approximate surface area is 180 Å². The number of ether oxygens (including phenoxy) is 1. The van der Waals surface area contributed by atoms with Crippen molar-refractivity contribution in [3.8, 4) is 5.75 Å². The molecule has 0 aliphatic carbocycles. The van der Waals surface area contributed by atoms with Gasteiger partial charge in [-0.1, -0.05) is 30.3 Å². The standard InChI is InChI=1S/C22H24N2O6S/c1-13-8-7-11-18(14(13)2)29-15(3)21(25)23-24-22(26)20-17(12-31(4,27)28)16-9-5-6-10-19(16)30-20/h5-11,15H,12H2,1-4H3,(H,23,25)(H,24,26). The van der Waals surface area contributed by atoms with Crippen LogP contribution in [0.25, 0.3) is 11.0 Å². The fourth-order valence-corrected chi connectivity index (χ4v) is 3.87. The number of hydrogen-bond donors (Lipinski definition) is 2. The van der Waals surface area contributed by atoms with Crippen molar-refractivity contribution in [2.45, 2.75) is 32.6 Å². The largest absolute Gasteiger partial charge is 0.481 e. The monoisotopic (exact) mass is 444 g/mol. The second kappa shape index (κ2) is 8.81. The van der Waals surface area contributed by atoms with E-state index < -0.39 is 27.8 Å². The van der Waals surface area contributed by atoms with Crippen LogP contribution < -0.4 is 15.6 Å². The van der Waals surface area contributed by atoms with Crippen molar-refractivity contribution in [2.75, 3.05) is 6.26 Å². The minimum atomic E-state index is -3.43. The number of rotatable bonds is 6. The van der Waals surface area contributed by atoms with Crippen LogP contribution in [0, 0.1) is 13.8 Å². The number of nitrogens with one attached hydrogen (secondary N) is 2. The van der Waals surface area contributed by atoms with Gasteiger partial charge in [0.2, 0.25) is 0 Å². The average molecular weight is 445 g/mol. The number of carbonyl (C=O) groups is 2. The highest BCUT2D eigenvalue weighted by molar-refractivity contribution is 7.89. The van der Waals surface area contributed by atoms with Crippen molar-refractivity contribution >= 4 is 32.6 Å². The molecule has 8 nitrogen and oxygen atoms in total. The van der Waals surface area contributed by atoms with Crippen molar-refractivity contribution < 1.29 is 27.2 Å². The molecule has 1 atom stereocenters.